The molecule has 30 heavy (non-hydrogen) atoms. The van der Waals surface area contributed by atoms with Gasteiger partial charge in [-0.15, -0.1) is 0 Å². The first-order valence-electron chi connectivity index (χ1n) is 10.2. The van der Waals surface area contributed by atoms with E-state index >= 15 is 0 Å². The van der Waals surface area contributed by atoms with Crippen molar-refractivity contribution >= 4 is 11.6 Å². The van der Waals surface area contributed by atoms with Gasteiger partial charge in [-0.05, 0) is 54.4 Å². The van der Waals surface area contributed by atoms with Gasteiger partial charge in [-0.2, -0.15) is 0 Å². The monoisotopic (exact) mass is 412 g/mol. The van der Waals surface area contributed by atoms with E-state index in [1.165, 1.54) is 5.69 Å². The van der Waals surface area contributed by atoms with Crippen LogP contribution >= 0.6 is 0 Å². The van der Waals surface area contributed by atoms with E-state index in [2.05, 4.69) is 32.2 Å². The zero-order valence-corrected chi connectivity index (χ0v) is 18.4. The molecule has 162 valence electrons. The summed E-state index contributed by atoms with van der Waals surface area (Å²) in [5, 5.41) is 3.49. The number of methoxy groups -OCH3 is 3. The number of hydrogen-bond acceptors (Lipinski definition) is 5. The molecule has 0 saturated carbocycles. The summed E-state index contributed by atoms with van der Waals surface area (Å²) in [7, 11) is 6.90. The Kier molecular flexibility index (Phi) is 7.65. The van der Waals surface area contributed by atoms with Crippen LogP contribution in [0.15, 0.2) is 47.5 Å². The number of hydrogen-bond donors (Lipinski definition) is 1. The summed E-state index contributed by atoms with van der Waals surface area (Å²) in [6.45, 7) is 4.53. The molecule has 1 aliphatic rings. The SMILES string of the molecule is CN=C(NCCc1cc(OC)ccc1OC)N1CCN(c2ccc(OC)cc2)CC1. The molecule has 2 aromatic carbocycles. The van der Waals surface area contributed by atoms with Crippen molar-refractivity contribution in [1.82, 2.24) is 10.2 Å². The van der Waals surface area contributed by atoms with Gasteiger partial charge in [-0.25, -0.2) is 0 Å². The Hall–Kier alpha value is -3.09. The number of rotatable bonds is 7. The molecular weight excluding hydrogens is 380 g/mol. The predicted molar refractivity (Wildman–Crippen MR) is 121 cm³/mol. The van der Waals surface area contributed by atoms with Crippen molar-refractivity contribution in [3.63, 3.8) is 0 Å². The minimum atomic E-state index is 0.773. The summed E-state index contributed by atoms with van der Waals surface area (Å²) in [5.41, 5.74) is 2.34. The lowest BCUT2D eigenvalue weighted by Gasteiger charge is -2.37. The van der Waals surface area contributed by atoms with Gasteiger partial charge in [-0.3, -0.25) is 4.99 Å². The second-order valence-corrected chi connectivity index (χ2v) is 7.07. The molecule has 0 unspecified atom stereocenters. The van der Waals surface area contributed by atoms with Crippen molar-refractivity contribution in [2.75, 3.05) is 66.0 Å². The topological polar surface area (TPSA) is 58.6 Å². The highest BCUT2D eigenvalue weighted by molar-refractivity contribution is 5.80. The fourth-order valence-electron chi connectivity index (χ4n) is 3.69. The largest absolute Gasteiger partial charge is 0.497 e. The molecule has 0 radical (unpaired) electrons. The van der Waals surface area contributed by atoms with Gasteiger partial charge in [-0.1, -0.05) is 0 Å². The van der Waals surface area contributed by atoms with Gasteiger partial charge in [0.15, 0.2) is 5.96 Å². The maximum atomic E-state index is 5.48. The lowest BCUT2D eigenvalue weighted by atomic mass is 10.1. The molecule has 1 aliphatic heterocycles. The van der Waals surface area contributed by atoms with E-state index in [-0.39, 0.29) is 0 Å². The summed E-state index contributed by atoms with van der Waals surface area (Å²) in [5.74, 6) is 3.53. The summed E-state index contributed by atoms with van der Waals surface area (Å²) in [4.78, 5) is 9.18. The van der Waals surface area contributed by atoms with Gasteiger partial charge in [0.1, 0.15) is 17.2 Å². The van der Waals surface area contributed by atoms with E-state index in [4.69, 9.17) is 14.2 Å². The molecule has 0 atom stereocenters. The number of benzene rings is 2. The quantitative estimate of drug-likeness (QED) is 0.557. The summed E-state index contributed by atoms with van der Waals surface area (Å²) >= 11 is 0. The van der Waals surface area contributed by atoms with E-state index in [1.54, 1.807) is 21.3 Å². The maximum absolute atomic E-state index is 5.48. The molecule has 0 spiro atoms. The van der Waals surface area contributed by atoms with Crippen LogP contribution in [0.4, 0.5) is 5.69 Å². The third kappa shape index (κ3) is 5.28. The van der Waals surface area contributed by atoms with Crippen LogP contribution in [-0.2, 0) is 6.42 Å². The van der Waals surface area contributed by atoms with Crippen LogP contribution in [0.3, 0.4) is 0 Å². The summed E-state index contributed by atoms with van der Waals surface area (Å²) < 4.78 is 16.1. The third-order valence-corrected chi connectivity index (χ3v) is 5.39. The van der Waals surface area contributed by atoms with E-state index < -0.39 is 0 Å². The van der Waals surface area contributed by atoms with Gasteiger partial charge >= 0.3 is 0 Å². The number of ether oxygens (including phenoxy) is 3. The van der Waals surface area contributed by atoms with Gasteiger partial charge in [0, 0.05) is 45.5 Å². The second-order valence-electron chi connectivity index (χ2n) is 7.07. The number of anilines is 1. The van der Waals surface area contributed by atoms with Gasteiger partial charge in [0.2, 0.25) is 0 Å². The normalized spacial score (nSPS) is 14.5. The van der Waals surface area contributed by atoms with Gasteiger partial charge in [0.05, 0.1) is 21.3 Å². The maximum Gasteiger partial charge on any atom is 0.193 e. The Labute approximate surface area is 179 Å². The van der Waals surface area contributed by atoms with Crippen LogP contribution < -0.4 is 24.4 Å². The molecule has 1 N–H and O–H groups in total. The molecule has 7 heteroatoms. The number of guanidine groups is 1. The molecule has 0 bridgehead atoms. The fourth-order valence-corrected chi connectivity index (χ4v) is 3.69. The third-order valence-electron chi connectivity index (χ3n) is 5.39. The Bertz CT molecular complexity index is 831. The minimum Gasteiger partial charge on any atom is -0.497 e. The number of nitrogens with zero attached hydrogens (tertiary/aromatic N) is 3. The Morgan fingerprint density at radius 2 is 1.57 bits per heavy atom. The van der Waals surface area contributed by atoms with Crippen molar-refractivity contribution < 1.29 is 14.2 Å². The van der Waals surface area contributed by atoms with E-state index in [0.717, 1.165) is 67.9 Å². The Balaban J connectivity index is 1.51. The zero-order chi connectivity index (χ0) is 21.3. The molecule has 1 saturated heterocycles. The van der Waals surface area contributed by atoms with Crippen LogP contribution in [0.2, 0.25) is 0 Å². The highest BCUT2D eigenvalue weighted by Gasteiger charge is 2.20. The van der Waals surface area contributed by atoms with Crippen molar-refractivity contribution in [3.8, 4) is 17.2 Å². The number of aliphatic imine (C=N–C) groups is 1. The number of piperazine rings is 1. The van der Waals surface area contributed by atoms with Crippen LogP contribution in [0.1, 0.15) is 5.56 Å². The van der Waals surface area contributed by atoms with Crippen LogP contribution in [0.5, 0.6) is 17.2 Å². The lowest BCUT2D eigenvalue weighted by Crippen LogP contribution is -2.52. The first-order valence-corrected chi connectivity index (χ1v) is 10.2. The van der Waals surface area contributed by atoms with E-state index in [1.807, 2.05) is 37.4 Å². The molecule has 2 aromatic rings. The Morgan fingerprint density at radius 1 is 0.900 bits per heavy atom. The molecule has 1 fully saturated rings. The molecule has 3 rings (SSSR count). The number of nitrogens with one attached hydrogen (secondary N) is 1. The average Bonchev–Trinajstić information content (AvgIpc) is 2.82. The lowest BCUT2D eigenvalue weighted by molar-refractivity contribution is 0.372. The average molecular weight is 413 g/mol. The first kappa shape index (κ1) is 21.6. The Morgan fingerprint density at radius 3 is 2.17 bits per heavy atom. The summed E-state index contributed by atoms with van der Waals surface area (Å²) in [6, 6.07) is 14.1. The van der Waals surface area contributed by atoms with Crippen LogP contribution in [0, 0.1) is 0 Å². The molecule has 0 aromatic heterocycles. The van der Waals surface area contributed by atoms with Gasteiger partial charge in [0.25, 0.3) is 0 Å². The second kappa shape index (κ2) is 10.6. The zero-order valence-electron chi connectivity index (χ0n) is 18.4. The minimum absolute atomic E-state index is 0.773. The van der Waals surface area contributed by atoms with E-state index in [9.17, 15) is 0 Å². The highest BCUT2D eigenvalue weighted by Crippen LogP contribution is 2.24. The smallest absolute Gasteiger partial charge is 0.193 e. The van der Waals surface area contributed by atoms with Crippen molar-refractivity contribution in [2.24, 2.45) is 4.99 Å². The van der Waals surface area contributed by atoms with Crippen molar-refractivity contribution in [3.05, 3.63) is 48.0 Å². The standard InChI is InChI=1S/C23H32N4O3/c1-24-23(25-12-11-18-17-21(29-3)9-10-22(18)30-4)27-15-13-26(14-16-27)19-5-7-20(28-2)8-6-19/h5-10,17H,11-16H2,1-4H3,(H,24,25). The molecular formula is C23H32N4O3. The first-order chi connectivity index (χ1) is 14.7. The highest BCUT2D eigenvalue weighted by atomic mass is 16.5. The van der Waals surface area contributed by atoms with Crippen molar-refractivity contribution in [2.45, 2.75) is 6.42 Å². The molecule has 0 aliphatic carbocycles. The predicted octanol–water partition coefficient (Wildman–Crippen LogP) is 2.65. The van der Waals surface area contributed by atoms with Gasteiger partial charge < -0.3 is 29.3 Å². The molecule has 0 amide bonds. The molecule has 1 heterocycles. The van der Waals surface area contributed by atoms with Crippen LogP contribution in [-0.4, -0.2) is 72.0 Å². The van der Waals surface area contributed by atoms with Crippen molar-refractivity contribution in [1.29, 1.82) is 0 Å². The molecule has 7 nitrogen and oxygen atoms in total. The summed E-state index contributed by atoms with van der Waals surface area (Å²) in [6.07, 6.45) is 0.825. The van der Waals surface area contributed by atoms with Crippen LogP contribution in [0.25, 0.3) is 0 Å². The van der Waals surface area contributed by atoms with E-state index in [0.29, 0.717) is 0 Å². The fraction of sp³-hybridized carbons (Fsp3) is 0.435.